The number of aryl methyl sites for hydroxylation is 1. The van der Waals surface area contributed by atoms with Crippen LogP contribution in [-0.2, 0) is 0 Å². The van der Waals surface area contributed by atoms with Crippen molar-refractivity contribution in [2.24, 2.45) is 0 Å². The predicted molar refractivity (Wildman–Crippen MR) is 81.6 cm³/mol. The minimum absolute atomic E-state index is 1.18. The lowest BCUT2D eigenvalue weighted by atomic mass is 9.96. The van der Waals surface area contributed by atoms with Crippen molar-refractivity contribution in [3.8, 4) is 0 Å². The molecule has 0 spiro atoms. The van der Waals surface area contributed by atoms with Crippen molar-refractivity contribution in [3.05, 3.63) is 76.4 Å². The molecule has 0 fully saturated rings. The summed E-state index contributed by atoms with van der Waals surface area (Å²) < 4.78 is 0. The van der Waals surface area contributed by atoms with Gasteiger partial charge < -0.3 is 0 Å². The van der Waals surface area contributed by atoms with E-state index in [2.05, 4.69) is 61.5 Å². The van der Waals surface area contributed by atoms with Crippen LogP contribution < -0.4 is 0 Å². The second-order valence-corrected chi connectivity index (χ2v) is 5.48. The van der Waals surface area contributed by atoms with Crippen LogP contribution in [0.25, 0.3) is 17.2 Å². The molecule has 92 valence electrons. The van der Waals surface area contributed by atoms with E-state index >= 15 is 0 Å². The minimum atomic E-state index is 1.18. The number of hydrogen-bond donors (Lipinski definition) is 0. The highest BCUT2D eigenvalue weighted by Gasteiger charge is 2.27. The van der Waals surface area contributed by atoms with Crippen LogP contribution in [0.2, 0.25) is 0 Å². The number of fused-ring (bicyclic) bond motifs is 3. The number of benzene rings is 2. The number of allylic oxidation sites excluding steroid dienone is 3. The highest BCUT2D eigenvalue weighted by atomic mass is 14.3. The molecule has 0 radical (unpaired) electrons. The lowest BCUT2D eigenvalue weighted by Crippen LogP contribution is -1.87. The van der Waals surface area contributed by atoms with Gasteiger partial charge in [-0.3, -0.25) is 0 Å². The topological polar surface area (TPSA) is 0 Å². The minimum Gasteiger partial charge on any atom is -0.0616 e. The van der Waals surface area contributed by atoms with Crippen LogP contribution in [0.15, 0.2) is 54.1 Å². The van der Waals surface area contributed by atoms with Gasteiger partial charge in [0, 0.05) is 0 Å². The zero-order chi connectivity index (χ0) is 12.8. The van der Waals surface area contributed by atoms with E-state index in [9.17, 15) is 0 Å². The summed E-state index contributed by atoms with van der Waals surface area (Å²) in [7, 11) is 0. The van der Waals surface area contributed by atoms with Crippen LogP contribution in [0.3, 0.4) is 0 Å². The molecule has 0 N–H and O–H groups in total. The molecule has 0 heteroatoms. The van der Waals surface area contributed by atoms with E-state index in [-0.39, 0.29) is 0 Å². The molecule has 0 aromatic heterocycles. The van der Waals surface area contributed by atoms with Crippen molar-refractivity contribution in [3.63, 3.8) is 0 Å². The third-order valence-corrected chi connectivity index (χ3v) is 4.19. The lowest BCUT2D eigenvalue weighted by molar-refractivity contribution is 1.08. The van der Waals surface area contributed by atoms with Crippen LogP contribution in [0, 0.1) is 6.92 Å². The van der Waals surface area contributed by atoms with E-state index in [1.807, 2.05) is 0 Å². The van der Waals surface area contributed by atoms with Gasteiger partial charge in [-0.25, -0.2) is 0 Å². The van der Waals surface area contributed by atoms with Gasteiger partial charge in [-0.05, 0) is 53.2 Å². The Morgan fingerprint density at radius 2 is 1.79 bits per heavy atom. The average Bonchev–Trinajstić information content (AvgIpc) is 2.97. The Bertz CT molecular complexity index is 729. The average molecular weight is 244 g/mol. The van der Waals surface area contributed by atoms with Crippen LogP contribution in [0.5, 0.6) is 0 Å². The summed E-state index contributed by atoms with van der Waals surface area (Å²) in [5, 5.41) is 0. The Labute approximate surface area is 114 Å². The van der Waals surface area contributed by atoms with E-state index in [1.165, 1.54) is 51.8 Å². The Balaban J connectivity index is 1.95. The van der Waals surface area contributed by atoms with Crippen LogP contribution in [0.4, 0.5) is 0 Å². The molecule has 0 bridgehead atoms. The lowest BCUT2D eigenvalue weighted by Gasteiger charge is -2.08. The van der Waals surface area contributed by atoms with Crippen molar-refractivity contribution in [1.29, 1.82) is 0 Å². The zero-order valence-corrected chi connectivity index (χ0v) is 11.1. The second kappa shape index (κ2) is 3.96. The van der Waals surface area contributed by atoms with Gasteiger partial charge in [0.1, 0.15) is 0 Å². The maximum absolute atomic E-state index is 2.37. The van der Waals surface area contributed by atoms with Crippen molar-refractivity contribution in [2.45, 2.75) is 19.8 Å². The van der Waals surface area contributed by atoms with E-state index < -0.39 is 0 Å². The smallest absolute Gasteiger partial charge is 0.0106 e. The molecular formula is C19H16. The molecule has 4 rings (SSSR count). The molecule has 0 saturated carbocycles. The highest BCUT2D eigenvalue weighted by Crippen LogP contribution is 2.49. The van der Waals surface area contributed by atoms with Crippen molar-refractivity contribution in [1.82, 2.24) is 0 Å². The summed E-state index contributed by atoms with van der Waals surface area (Å²) in [6, 6.07) is 17.7. The van der Waals surface area contributed by atoms with E-state index in [0.29, 0.717) is 0 Å². The first-order valence-corrected chi connectivity index (χ1v) is 6.93. The molecule has 19 heavy (non-hydrogen) atoms. The van der Waals surface area contributed by atoms with Gasteiger partial charge in [-0.2, -0.15) is 0 Å². The fraction of sp³-hybridized carbons (Fsp3) is 0.158. The maximum atomic E-state index is 2.37. The van der Waals surface area contributed by atoms with Gasteiger partial charge in [-0.15, -0.1) is 0 Å². The molecule has 2 aliphatic rings. The van der Waals surface area contributed by atoms with Crippen molar-refractivity contribution >= 4 is 17.2 Å². The standard InChI is InChI=1S/C19H16/c1-13-5-4-7-14(11-13)18-10-9-16-12-15-6-2-3-8-17(15)19(16)18/h2-8,11-12H,9-10H2,1H3. The highest BCUT2D eigenvalue weighted by molar-refractivity contribution is 6.08. The second-order valence-electron chi connectivity index (χ2n) is 5.48. The van der Waals surface area contributed by atoms with Crippen LogP contribution >= 0.6 is 0 Å². The molecule has 0 saturated heterocycles. The van der Waals surface area contributed by atoms with Gasteiger partial charge in [0.15, 0.2) is 0 Å². The first-order valence-electron chi connectivity index (χ1n) is 6.93. The Morgan fingerprint density at radius 3 is 2.68 bits per heavy atom. The first-order chi connectivity index (χ1) is 9.33. The van der Waals surface area contributed by atoms with Crippen molar-refractivity contribution in [2.75, 3.05) is 0 Å². The van der Waals surface area contributed by atoms with Gasteiger partial charge >= 0.3 is 0 Å². The monoisotopic (exact) mass is 244 g/mol. The third kappa shape index (κ3) is 1.60. The van der Waals surface area contributed by atoms with Crippen molar-refractivity contribution < 1.29 is 0 Å². The number of rotatable bonds is 1. The summed E-state index contributed by atoms with van der Waals surface area (Å²) in [4.78, 5) is 0. The fourth-order valence-electron chi connectivity index (χ4n) is 3.34. The molecule has 0 atom stereocenters. The Kier molecular flexibility index (Phi) is 2.25. The Hall–Kier alpha value is -2.08. The number of hydrogen-bond acceptors (Lipinski definition) is 0. The van der Waals surface area contributed by atoms with E-state index in [0.717, 1.165) is 0 Å². The quantitative estimate of drug-likeness (QED) is 0.655. The molecule has 0 unspecified atom stereocenters. The summed E-state index contributed by atoms with van der Waals surface area (Å²) in [5.41, 5.74) is 10.1. The van der Waals surface area contributed by atoms with Crippen LogP contribution in [0.1, 0.15) is 35.1 Å². The SMILES string of the molecule is Cc1cccc(C2=C3C(=Cc4ccccc43)CC2)c1. The largest absolute Gasteiger partial charge is 0.0616 e. The first kappa shape index (κ1) is 10.8. The molecule has 2 aliphatic carbocycles. The van der Waals surface area contributed by atoms with Gasteiger partial charge in [0.25, 0.3) is 0 Å². The summed E-state index contributed by atoms with van der Waals surface area (Å²) in [5.74, 6) is 0. The Morgan fingerprint density at radius 1 is 0.895 bits per heavy atom. The zero-order valence-electron chi connectivity index (χ0n) is 11.1. The summed E-state index contributed by atoms with van der Waals surface area (Å²) >= 11 is 0. The molecule has 0 amide bonds. The van der Waals surface area contributed by atoms with Gasteiger partial charge in [0.05, 0.1) is 0 Å². The predicted octanol–water partition coefficient (Wildman–Crippen LogP) is 5.10. The molecule has 2 aromatic rings. The normalized spacial score (nSPS) is 16.4. The fourth-order valence-corrected chi connectivity index (χ4v) is 3.34. The van der Waals surface area contributed by atoms with E-state index in [1.54, 1.807) is 0 Å². The molecule has 0 aliphatic heterocycles. The van der Waals surface area contributed by atoms with Gasteiger partial charge in [-0.1, -0.05) is 60.2 Å². The third-order valence-electron chi connectivity index (χ3n) is 4.19. The molecule has 0 nitrogen and oxygen atoms in total. The van der Waals surface area contributed by atoms with E-state index in [4.69, 9.17) is 0 Å². The molecule has 0 heterocycles. The molecular weight excluding hydrogens is 228 g/mol. The van der Waals surface area contributed by atoms with Crippen LogP contribution in [-0.4, -0.2) is 0 Å². The van der Waals surface area contributed by atoms with Gasteiger partial charge in [0.2, 0.25) is 0 Å². The maximum Gasteiger partial charge on any atom is -0.0106 e. The molecule has 2 aromatic carbocycles. The summed E-state index contributed by atoms with van der Waals surface area (Å²) in [6.45, 7) is 2.17. The summed E-state index contributed by atoms with van der Waals surface area (Å²) in [6.07, 6.45) is 4.74.